The van der Waals surface area contributed by atoms with Crippen molar-refractivity contribution in [2.45, 2.75) is 25.6 Å². The van der Waals surface area contributed by atoms with Gasteiger partial charge in [-0.3, -0.25) is 0 Å². The van der Waals surface area contributed by atoms with Crippen molar-refractivity contribution in [1.29, 1.82) is 0 Å². The molecule has 0 bridgehead atoms. The van der Waals surface area contributed by atoms with E-state index in [1.807, 2.05) is 6.08 Å². The van der Waals surface area contributed by atoms with Crippen molar-refractivity contribution in [2.75, 3.05) is 19.8 Å². The van der Waals surface area contributed by atoms with Gasteiger partial charge >= 0.3 is 0 Å². The van der Waals surface area contributed by atoms with Crippen molar-refractivity contribution in [3.05, 3.63) is 12.2 Å². The summed E-state index contributed by atoms with van der Waals surface area (Å²) < 4.78 is 10.5. The first-order valence-electron chi connectivity index (χ1n) is 4.42. The van der Waals surface area contributed by atoms with E-state index in [0.29, 0.717) is 0 Å². The molecule has 3 nitrogen and oxygen atoms in total. The fourth-order valence-corrected chi connectivity index (χ4v) is 1.17. The van der Waals surface area contributed by atoms with Crippen molar-refractivity contribution in [3.63, 3.8) is 0 Å². The minimum atomic E-state index is 0.0209. The largest absolute Gasteiger partial charge is 0.392 e. The van der Waals surface area contributed by atoms with Crippen LogP contribution in [0.5, 0.6) is 0 Å². The van der Waals surface area contributed by atoms with Gasteiger partial charge in [0.15, 0.2) is 6.29 Å². The SMILES string of the molecule is OC/C=C/CCCC1OCCO1. The minimum Gasteiger partial charge on any atom is -0.392 e. The summed E-state index contributed by atoms with van der Waals surface area (Å²) in [5.74, 6) is 0. The molecule has 0 aliphatic carbocycles. The monoisotopic (exact) mass is 172 g/mol. The Balaban J connectivity index is 1.91. The smallest absolute Gasteiger partial charge is 0.157 e. The van der Waals surface area contributed by atoms with Gasteiger partial charge in [0.25, 0.3) is 0 Å². The van der Waals surface area contributed by atoms with Crippen LogP contribution in [0.2, 0.25) is 0 Å². The molecular formula is C9H16O3. The molecule has 1 rings (SSSR count). The molecule has 70 valence electrons. The molecule has 1 heterocycles. The molecule has 1 aliphatic heterocycles. The third-order valence-corrected chi connectivity index (χ3v) is 1.77. The molecule has 3 heteroatoms. The number of aliphatic hydroxyl groups is 1. The first-order chi connectivity index (χ1) is 5.93. The van der Waals surface area contributed by atoms with Gasteiger partial charge in [-0.2, -0.15) is 0 Å². The minimum absolute atomic E-state index is 0.0209. The van der Waals surface area contributed by atoms with Crippen molar-refractivity contribution >= 4 is 0 Å². The van der Waals surface area contributed by atoms with Crippen LogP contribution in [0, 0.1) is 0 Å². The summed E-state index contributed by atoms with van der Waals surface area (Å²) >= 11 is 0. The second-order valence-corrected chi connectivity index (χ2v) is 2.76. The molecule has 1 fully saturated rings. The zero-order valence-corrected chi connectivity index (χ0v) is 7.24. The lowest BCUT2D eigenvalue weighted by molar-refractivity contribution is -0.0474. The van der Waals surface area contributed by atoms with Gasteiger partial charge in [0.2, 0.25) is 0 Å². The van der Waals surface area contributed by atoms with Gasteiger partial charge in [-0.1, -0.05) is 12.2 Å². The molecule has 12 heavy (non-hydrogen) atoms. The summed E-state index contributed by atoms with van der Waals surface area (Å²) in [6.45, 7) is 1.60. The van der Waals surface area contributed by atoms with E-state index < -0.39 is 0 Å². The maximum atomic E-state index is 8.44. The zero-order chi connectivity index (χ0) is 8.65. The van der Waals surface area contributed by atoms with Crippen LogP contribution in [-0.4, -0.2) is 31.2 Å². The predicted molar refractivity (Wildman–Crippen MR) is 45.8 cm³/mol. The summed E-state index contributed by atoms with van der Waals surface area (Å²) in [6.07, 6.45) is 6.76. The first-order valence-corrected chi connectivity index (χ1v) is 4.42. The van der Waals surface area contributed by atoms with E-state index in [1.54, 1.807) is 6.08 Å². The Hall–Kier alpha value is -0.380. The molecule has 1 N–H and O–H groups in total. The van der Waals surface area contributed by atoms with Crippen LogP contribution in [0.15, 0.2) is 12.2 Å². The van der Waals surface area contributed by atoms with Crippen molar-refractivity contribution < 1.29 is 14.6 Å². The van der Waals surface area contributed by atoms with Gasteiger partial charge in [-0.25, -0.2) is 0 Å². The highest BCUT2D eigenvalue weighted by Crippen LogP contribution is 2.11. The molecule has 1 aliphatic rings. The average molecular weight is 172 g/mol. The molecule has 0 radical (unpaired) electrons. The molecule has 0 spiro atoms. The zero-order valence-electron chi connectivity index (χ0n) is 7.24. The molecule has 0 unspecified atom stereocenters. The Morgan fingerprint density at radius 2 is 2.00 bits per heavy atom. The number of unbranched alkanes of at least 4 members (excludes halogenated alkanes) is 1. The second-order valence-electron chi connectivity index (χ2n) is 2.76. The van der Waals surface area contributed by atoms with E-state index in [0.717, 1.165) is 32.5 Å². The molecule has 0 aromatic heterocycles. The van der Waals surface area contributed by atoms with Crippen LogP contribution in [0.1, 0.15) is 19.3 Å². The molecule has 0 saturated carbocycles. The lowest BCUT2D eigenvalue weighted by Gasteiger charge is -2.06. The normalized spacial score (nSPS) is 19.4. The summed E-state index contributed by atoms with van der Waals surface area (Å²) in [5, 5.41) is 8.44. The third kappa shape index (κ3) is 3.85. The molecule has 0 amide bonds. The summed E-state index contributed by atoms with van der Waals surface area (Å²) in [4.78, 5) is 0. The van der Waals surface area contributed by atoms with E-state index >= 15 is 0 Å². The number of ether oxygens (including phenoxy) is 2. The number of hydrogen-bond donors (Lipinski definition) is 1. The summed E-state index contributed by atoms with van der Waals surface area (Å²) in [7, 11) is 0. The summed E-state index contributed by atoms with van der Waals surface area (Å²) in [5.41, 5.74) is 0. The molecule has 0 atom stereocenters. The van der Waals surface area contributed by atoms with E-state index in [-0.39, 0.29) is 12.9 Å². The van der Waals surface area contributed by atoms with Crippen molar-refractivity contribution in [1.82, 2.24) is 0 Å². The number of rotatable bonds is 5. The first kappa shape index (κ1) is 9.71. The van der Waals surface area contributed by atoms with Gasteiger partial charge in [0.1, 0.15) is 0 Å². The number of hydrogen-bond acceptors (Lipinski definition) is 3. The highest BCUT2D eigenvalue weighted by Gasteiger charge is 2.14. The molecule has 0 aromatic carbocycles. The van der Waals surface area contributed by atoms with Crippen LogP contribution in [0.3, 0.4) is 0 Å². The Morgan fingerprint density at radius 1 is 1.25 bits per heavy atom. The van der Waals surface area contributed by atoms with Gasteiger partial charge in [-0.05, 0) is 19.3 Å². The van der Waals surface area contributed by atoms with Gasteiger partial charge in [-0.15, -0.1) is 0 Å². The Kier molecular flexibility index (Phi) is 4.99. The standard InChI is InChI=1S/C9H16O3/c10-6-4-2-1-3-5-9-11-7-8-12-9/h2,4,9-10H,1,3,5-8H2/b4-2+. The lowest BCUT2D eigenvalue weighted by atomic mass is 10.2. The summed E-state index contributed by atoms with van der Waals surface area (Å²) in [6, 6.07) is 0. The van der Waals surface area contributed by atoms with E-state index in [9.17, 15) is 0 Å². The lowest BCUT2D eigenvalue weighted by Crippen LogP contribution is -2.06. The van der Waals surface area contributed by atoms with Gasteiger partial charge in [0, 0.05) is 0 Å². The Labute approximate surface area is 73.0 Å². The van der Waals surface area contributed by atoms with Crippen molar-refractivity contribution in [3.8, 4) is 0 Å². The topological polar surface area (TPSA) is 38.7 Å². The van der Waals surface area contributed by atoms with Gasteiger partial charge < -0.3 is 14.6 Å². The Bertz CT molecular complexity index is 128. The number of allylic oxidation sites excluding steroid dienone is 1. The molecule has 0 aromatic rings. The van der Waals surface area contributed by atoms with Crippen LogP contribution >= 0.6 is 0 Å². The van der Waals surface area contributed by atoms with E-state index in [1.165, 1.54) is 0 Å². The van der Waals surface area contributed by atoms with E-state index in [4.69, 9.17) is 14.6 Å². The van der Waals surface area contributed by atoms with Crippen molar-refractivity contribution in [2.24, 2.45) is 0 Å². The van der Waals surface area contributed by atoms with Crippen LogP contribution in [0.25, 0.3) is 0 Å². The van der Waals surface area contributed by atoms with Gasteiger partial charge in [0.05, 0.1) is 19.8 Å². The molecule has 1 saturated heterocycles. The quantitative estimate of drug-likeness (QED) is 0.498. The highest BCUT2D eigenvalue weighted by molar-refractivity contribution is 4.80. The third-order valence-electron chi connectivity index (χ3n) is 1.77. The second kappa shape index (κ2) is 6.17. The maximum Gasteiger partial charge on any atom is 0.157 e. The fourth-order valence-electron chi connectivity index (χ4n) is 1.17. The van der Waals surface area contributed by atoms with Crippen LogP contribution in [0.4, 0.5) is 0 Å². The average Bonchev–Trinajstić information content (AvgIpc) is 2.57. The predicted octanol–water partition coefficient (Wildman–Crippen LogP) is 1.08. The molecular weight excluding hydrogens is 156 g/mol. The maximum absolute atomic E-state index is 8.44. The van der Waals surface area contributed by atoms with E-state index in [2.05, 4.69) is 0 Å². The fraction of sp³-hybridized carbons (Fsp3) is 0.778. The van der Waals surface area contributed by atoms with Crippen LogP contribution in [-0.2, 0) is 9.47 Å². The number of aliphatic hydroxyl groups excluding tert-OH is 1. The Morgan fingerprint density at radius 3 is 2.67 bits per heavy atom. The van der Waals surface area contributed by atoms with Crippen LogP contribution < -0.4 is 0 Å². The highest BCUT2D eigenvalue weighted by atomic mass is 16.7.